The number of anilines is 2. The SMILES string of the molecule is O=C(NS(=O)(=O)c1ccc(NCC2CCC(O)CC2)c([N+](=O)[O-])c1)c1ccc(C2=CCC(N3CCC[C@H]3c3ccccc3C3CC3)CC2)cc1Oc1cnc2[nH]ccc2c1.O=C(NS(=O)(=O)c1ccc(NCC2CCC(O)CC2)c([N+](=O)[O-])c1)c1ccc(C2=CCC(N3CCC[C@H]3c3ccccc3C3CC3)CC2)cc1Oc1cnc2[nH]ccc2c1. The van der Waals surface area contributed by atoms with Gasteiger partial charge >= 0.3 is 0 Å². The van der Waals surface area contributed by atoms with E-state index in [-0.39, 0.29) is 58.0 Å². The van der Waals surface area contributed by atoms with Crippen LogP contribution in [0.4, 0.5) is 22.7 Å². The number of hydrogen-bond donors (Lipinski definition) is 8. The summed E-state index contributed by atoms with van der Waals surface area (Å²) in [5.41, 5.74) is 10.9. The van der Waals surface area contributed by atoms with Crippen LogP contribution < -0.4 is 29.6 Å². The van der Waals surface area contributed by atoms with Crippen molar-refractivity contribution in [3.63, 3.8) is 0 Å². The van der Waals surface area contributed by atoms with Gasteiger partial charge in [-0.1, -0.05) is 72.8 Å². The lowest BCUT2D eigenvalue weighted by molar-refractivity contribution is -0.384. The van der Waals surface area contributed by atoms with Crippen molar-refractivity contribution in [1.29, 1.82) is 0 Å². The fourth-order valence-electron chi connectivity index (χ4n) is 18.9. The number of carbonyl (C=O) groups is 2. The Balaban J connectivity index is 0.000000171. The summed E-state index contributed by atoms with van der Waals surface area (Å²) in [6.07, 6.45) is 31.7. The van der Waals surface area contributed by atoms with Crippen LogP contribution in [0.1, 0.15) is 219 Å². The van der Waals surface area contributed by atoms with E-state index in [4.69, 9.17) is 9.47 Å². The van der Waals surface area contributed by atoms with Crippen LogP contribution in [0.15, 0.2) is 192 Å². The van der Waals surface area contributed by atoms with Gasteiger partial charge in [0.1, 0.15) is 45.7 Å². The molecule has 2 aliphatic heterocycles. The first-order valence-corrected chi connectivity index (χ1v) is 45.3. The van der Waals surface area contributed by atoms with Gasteiger partial charge in [0.2, 0.25) is 0 Å². The summed E-state index contributed by atoms with van der Waals surface area (Å²) < 4.78 is 71.6. The summed E-state index contributed by atoms with van der Waals surface area (Å²) in [4.78, 5) is 70.3. The topological polar surface area (TPSA) is 360 Å². The number of benzene rings is 6. The largest absolute Gasteiger partial charge is 0.455 e. The third-order valence-corrected chi connectivity index (χ3v) is 28.3. The second-order valence-electron chi connectivity index (χ2n) is 33.6. The molecule has 4 saturated carbocycles. The Kier molecular flexibility index (Phi) is 23.9. The van der Waals surface area contributed by atoms with Gasteiger partial charge in [-0.15, -0.1) is 0 Å². The molecule has 8 aliphatic rings. The van der Waals surface area contributed by atoms with Crippen molar-refractivity contribution in [1.82, 2.24) is 39.2 Å². The number of pyridine rings is 2. The van der Waals surface area contributed by atoms with Gasteiger partial charge in [-0.2, -0.15) is 0 Å². The van der Waals surface area contributed by atoms with E-state index in [2.05, 4.69) is 110 Å². The number of hydrogen-bond acceptors (Lipinski definition) is 20. The van der Waals surface area contributed by atoms with Crippen LogP contribution in [0.5, 0.6) is 23.0 Å². The molecule has 0 spiro atoms. The number of aromatic nitrogens is 4. The summed E-state index contributed by atoms with van der Waals surface area (Å²) in [5.74, 6) is 1.01. The van der Waals surface area contributed by atoms with Crippen molar-refractivity contribution in [2.75, 3.05) is 36.8 Å². The maximum atomic E-state index is 13.9. The van der Waals surface area contributed by atoms with Crippen molar-refractivity contribution in [3.05, 3.63) is 247 Å². The molecule has 2 saturated heterocycles. The van der Waals surface area contributed by atoms with Gasteiger partial charge in [0.25, 0.3) is 43.2 Å². The molecule has 2 unspecified atom stereocenters. The van der Waals surface area contributed by atoms with E-state index >= 15 is 0 Å². The number of carbonyl (C=O) groups excluding carboxylic acids is 2. The molecule has 18 rings (SSSR count). The Morgan fingerprint density at radius 3 is 1.27 bits per heavy atom. The average Bonchev–Trinajstić information content (AvgIpc) is 1.52. The van der Waals surface area contributed by atoms with Crippen LogP contribution in [0.3, 0.4) is 0 Å². The number of ether oxygens (including phenoxy) is 2. The molecular formula is C92H100N12O14S2. The van der Waals surface area contributed by atoms with Crippen molar-refractivity contribution >= 4 is 87.8 Å². The molecule has 0 bridgehead atoms. The van der Waals surface area contributed by atoms with E-state index in [0.717, 1.165) is 122 Å². The van der Waals surface area contributed by atoms with Gasteiger partial charge in [0, 0.05) is 72.6 Å². The maximum absolute atomic E-state index is 13.9. The van der Waals surface area contributed by atoms with Gasteiger partial charge in [0.05, 0.1) is 55.4 Å². The van der Waals surface area contributed by atoms with E-state index < -0.39 is 62.9 Å². The highest BCUT2D eigenvalue weighted by Crippen LogP contribution is 2.50. The van der Waals surface area contributed by atoms with Crippen molar-refractivity contribution in [2.24, 2.45) is 11.8 Å². The van der Waals surface area contributed by atoms with Crippen LogP contribution in [0, 0.1) is 32.1 Å². The molecule has 4 aromatic heterocycles. The maximum Gasteiger partial charge on any atom is 0.293 e. The predicted octanol–water partition coefficient (Wildman–Crippen LogP) is 18.0. The number of aliphatic hydroxyl groups excluding tert-OH is 2. The highest BCUT2D eigenvalue weighted by molar-refractivity contribution is 7.90. The van der Waals surface area contributed by atoms with E-state index in [1.54, 1.807) is 48.8 Å². The Labute approximate surface area is 697 Å². The molecule has 10 aromatic rings. The molecule has 120 heavy (non-hydrogen) atoms. The Bertz CT molecular complexity index is 5470. The number of rotatable bonds is 26. The molecular weight excluding hydrogens is 1560 g/mol. The predicted molar refractivity (Wildman–Crippen MR) is 459 cm³/mol. The number of nitrogens with zero attached hydrogens (tertiary/aromatic N) is 6. The molecule has 6 heterocycles. The Hall–Kier alpha value is -11.1. The number of nitro groups is 2. The molecule has 6 aliphatic carbocycles. The number of nitro benzene ring substituents is 2. The number of likely N-dealkylation sites (tertiary alicyclic amines) is 2. The third kappa shape index (κ3) is 18.4. The molecule has 624 valence electrons. The molecule has 6 fully saturated rings. The van der Waals surface area contributed by atoms with Crippen LogP contribution >= 0.6 is 0 Å². The lowest BCUT2D eigenvalue weighted by atomic mass is 9.87. The van der Waals surface area contributed by atoms with Crippen LogP contribution in [0.25, 0.3) is 33.2 Å². The second-order valence-corrected chi connectivity index (χ2v) is 36.9. The van der Waals surface area contributed by atoms with E-state index in [1.165, 1.54) is 110 Å². The Morgan fingerprint density at radius 2 is 0.892 bits per heavy atom. The normalized spacial score (nSPS) is 22.3. The molecule has 6 aromatic carbocycles. The highest BCUT2D eigenvalue weighted by Gasteiger charge is 2.40. The lowest BCUT2D eigenvalue weighted by Crippen LogP contribution is -2.36. The number of fused-ring (bicyclic) bond motifs is 2. The zero-order chi connectivity index (χ0) is 82.8. The molecule has 28 heteroatoms. The fraction of sp³-hybridized carbons (Fsp3) is 0.391. The summed E-state index contributed by atoms with van der Waals surface area (Å²) in [5, 5.41) is 51.6. The fourth-order valence-corrected chi connectivity index (χ4v) is 20.9. The molecule has 8 N–H and O–H groups in total. The second kappa shape index (κ2) is 35.3. The quantitative estimate of drug-likeness (QED) is 0.0184. The minimum Gasteiger partial charge on any atom is -0.455 e. The first-order valence-electron chi connectivity index (χ1n) is 42.3. The van der Waals surface area contributed by atoms with Gasteiger partial charge in [-0.3, -0.25) is 39.6 Å². The zero-order valence-corrected chi connectivity index (χ0v) is 68.4. The molecule has 4 atom stereocenters. The van der Waals surface area contributed by atoms with Gasteiger partial charge in [0.15, 0.2) is 0 Å². The third-order valence-electron chi connectivity index (χ3n) is 25.6. The number of sulfonamides is 2. The zero-order valence-electron chi connectivity index (χ0n) is 66.8. The average molecular weight is 1660 g/mol. The van der Waals surface area contributed by atoms with Crippen LogP contribution in [-0.4, -0.2) is 129 Å². The number of aliphatic hydroxyl groups is 2. The monoisotopic (exact) mass is 1660 g/mol. The standard InChI is InChI=1S/2C46H50N6O7S/c2*53-35-16-7-29(8-17-35)27-48-41-20-18-37(26-43(41)52(55)56)60(57,58)50-46(54)40-19-13-32(25-44(40)59-36-24-33-21-22-47-45(33)49-28-36)30-11-14-34(15-12-30)51-23-3-6-42(51)39-5-2-1-4-38(39)31-9-10-31/h2*1-2,4-5,11,13,18-22,24-26,28-29,31,34-35,42,48,53H,3,6-10,12,14-17,23,27H2,(H,47,49)(H,50,54)/t2*29?,34?,35?,42-/m00/s1. The summed E-state index contributed by atoms with van der Waals surface area (Å²) in [7, 11) is -9.11. The molecule has 0 radical (unpaired) electrons. The smallest absolute Gasteiger partial charge is 0.293 e. The van der Waals surface area contributed by atoms with Crippen molar-refractivity contribution < 1.29 is 56.0 Å². The number of aromatic amines is 2. The summed E-state index contributed by atoms with van der Waals surface area (Å²) >= 11 is 0. The van der Waals surface area contributed by atoms with Gasteiger partial charge in [-0.25, -0.2) is 36.2 Å². The number of nitrogens with one attached hydrogen (secondary N) is 6. The molecule has 26 nitrogen and oxygen atoms in total. The minimum absolute atomic E-state index is 0.0228. The minimum atomic E-state index is -4.55. The van der Waals surface area contributed by atoms with Crippen molar-refractivity contribution in [3.8, 4) is 23.0 Å². The first kappa shape index (κ1) is 81.2. The van der Waals surface area contributed by atoms with Crippen LogP contribution in [0.2, 0.25) is 0 Å². The number of amides is 2. The summed E-state index contributed by atoms with van der Waals surface area (Å²) in [6, 6.07) is 44.4. The van der Waals surface area contributed by atoms with Crippen LogP contribution in [-0.2, 0) is 20.0 Å². The van der Waals surface area contributed by atoms with Gasteiger partial charge < -0.3 is 40.3 Å². The molecule has 2 amide bonds. The van der Waals surface area contributed by atoms with E-state index in [9.17, 15) is 56.9 Å². The van der Waals surface area contributed by atoms with Crippen molar-refractivity contribution in [2.45, 2.75) is 199 Å². The van der Waals surface area contributed by atoms with Gasteiger partial charge in [-0.05, 0) is 295 Å². The number of allylic oxidation sites excluding steroid dienone is 2. The van der Waals surface area contributed by atoms with E-state index in [1.807, 2.05) is 24.3 Å². The lowest BCUT2D eigenvalue weighted by Gasteiger charge is -2.36. The van der Waals surface area contributed by atoms with E-state index in [0.29, 0.717) is 97.6 Å². The summed E-state index contributed by atoms with van der Waals surface area (Å²) in [6.45, 7) is 3.08. The highest BCUT2D eigenvalue weighted by atomic mass is 32.2. The number of H-pyrrole nitrogens is 2. The Morgan fingerprint density at radius 1 is 0.483 bits per heavy atom. The first-order chi connectivity index (χ1) is 58.2.